The first-order chi connectivity index (χ1) is 8.72. The fourth-order valence-corrected chi connectivity index (χ4v) is 1.74. The number of ether oxygens (including phenoxy) is 1. The molecule has 0 aliphatic carbocycles. The lowest BCUT2D eigenvalue weighted by Gasteiger charge is -2.12. The molecule has 0 aromatic carbocycles. The standard InChI is InChI=1S/C12H24N4O2.HI/c1-3-13-12(15-7-6-14-10(2)17)16-9-11-5-4-8-18-11;/h11H,3-9H2,1-2H3,(H,14,17)(H2,13,15,16);1H. The van der Waals surface area contributed by atoms with Crippen molar-refractivity contribution in [3.8, 4) is 0 Å². The number of rotatable bonds is 6. The second-order valence-electron chi connectivity index (χ2n) is 4.26. The van der Waals surface area contributed by atoms with Crippen molar-refractivity contribution < 1.29 is 9.53 Å². The van der Waals surface area contributed by atoms with E-state index in [1.54, 1.807) is 0 Å². The van der Waals surface area contributed by atoms with Crippen LogP contribution >= 0.6 is 24.0 Å². The summed E-state index contributed by atoms with van der Waals surface area (Å²) in [5, 5.41) is 9.07. The zero-order valence-corrected chi connectivity index (χ0v) is 14.0. The number of amides is 1. The van der Waals surface area contributed by atoms with Gasteiger partial charge in [0.2, 0.25) is 5.91 Å². The van der Waals surface area contributed by atoms with Crippen LogP contribution in [0.25, 0.3) is 0 Å². The molecule has 1 unspecified atom stereocenters. The van der Waals surface area contributed by atoms with Gasteiger partial charge < -0.3 is 20.7 Å². The zero-order chi connectivity index (χ0) is 13.2. The average molecular weight is 384 g/mol. The minimum atomic E-state index is -0.0157. The molecule has 1 aliphatic rings. The Labute approximate surface area is 132 Å². The van der Waals surface area contributed by atoms with Crippen LogP contribution in [0, 0.1) is 0 Å². The van der Waals surface area contributed by atoms with Crippen LogP contribution in [0.15, 0.2) is 4.99 Å². The van der Waals surface area contributed by atoms with E-state index in [0.29, 0.717) is 19.6 Å². The molecule has 1 heterocycles. The van der Waals surface area contributed by atoms with Crippen molar-refractivity contribution in [1.82, 2.24) is 16.0 Å². The van der Waals surface area contributed by atoms with E-state index in [-0.39, 0.29) is 36.0 Å². The number of halogens is 1. The average Bonchev–Trinajstić information content (AvgIpc) is 2.84. The summed E-state index contributed by atoms with van der Waals surface area (Å²) in [6.45, 7) is 7.16. The number of carbonyl (C=O) groups excluding carboxylic acids is 1. The van der Waals surface area contributed by atoms with Gasteiger partial charge in [0.05, 0.1) is 12.6 Å². The molecule has 0 spiro atoms. The van der Waals surface area contributed by atoms with Gasteiger partial charge in [0.15, 0.2) is 5.96 Å². The highest BCUT2D eigenvalue weighted by atomic mass is 127. The SMILES string of the molecule is CCNC(=NCC1CCCO1)NCCNC(C)=O.I. The minimum absolute atomic E-state index is 0. The zero-order valence-electron chi connectivity index (χ0n) is 11.7. The molecule has 0 aromatic rings. The van der Waals surface area contributed by atoms with Crippen molar-refractivity contribution in [2.24, 2.45) is 4.99 Å². The number of hydrogen-bond donors (Lipinski definition) is 3. The third kappa shape index (κ3) is 9.04. The van der Waals surface area contributed by atoms with Gasteiger partial charge in [-0.2, -0.15) is 0 Å². The second kappa shape index (κ2) is 11.3. The molecule has 7 heteroatoms. The van der Waals surface area contributed by atoms with Crippen LogP contribution in [0.5, 0.6) is 0 Å². The molecule has 6 nitrogen and oxygen atoms in total. The molecule has 1 saturated heterocycles. The molecule has 112 valence electrons. The minimum Gasteiger partial charge on any atom is -0.376 e. The van der Waals surface area contributed by atoms with Crippen molar-refractivity contribution in [3.05, 3.63) is 0 Å². The van der Waals surface area contributed by atoms with E-state index in [1.165, 1.54) is 6.92 Å². The van der Waals surface area contributed by atoms with Gasteiger partial charge in [-0.1, -0.05) is 0 Å². The van der Waals surface area contributed by atoms with Gasteiger partial charge in [-0.25, -0.2) is 0 Å². The van der Waals surface area contributed by atoms with Gasteiger partial charge in [-0.3, -0.25) is 9.79 Å². The Bertz CT molecular complexity index is 281. The number of guanidine groups is 1. The summed E-state index contributed by atoms with van der Waals surface area (Å²) in [4.78, 5) is 15.2. The van der Waals surface area contributed by atoms with E-state index in [1.807, 2.05) is 6.92 Å². The molecule has 1 fully saturated rings. The van der Waals surface area contributed by atoms with E-state index in [0.717, 1.165) is 32.0 Å². The van der Waals surface area contributed by atoms with E-state index >= 15 is 0 Å². The van der Waals surface area contributed by atoms with Crippen LogP contribution in [-0.2, 0) is 9.53 Å². The fourth-order valence-electron chi connectivity index (χ4n) is 1.74. The summed E-state index contributed by atoms with van der Waals surface area (Å²) in [6.07, 6.45) is 2.48. The Kier molecular flexibility index (Phi) is 10.9. The van der Waals surface area contributed by atoms with Crippen molar-refractivity contribution >= 4 is 35.8 Å². The van der Waals surface area contributed by atoms with Gasteiger partial charge >= 0.3 is 0 Å². The first-order valence-corrected chi connectivity index (χ1v) is 6.60. The smallest absolute Gasteiger partial charge is 0.216 e. The highest BCUT2D eigenvalue weighted by Crippen LogP contribution is 2.11. The Hall–Kier alpha value is -0.570. The van der Waals surface area contributed by atoms with Crippen molar-refractivity contribution in [2.45, 2.75) is 32.8 Å². The summed E-state index contributed by atoms with van der Waals surface area (Å²) in [7, 11) is 0. The highest BCUT2D eigenvalue weighted by Gasteiger charge is 2.14. The van der Waals surface area contributed by atoms with Crippen molar-refractivity contribution in [2.75, 3.05) is 32.8 Å². The Morgan fingerprint density at radius 2 is 2.05 bits per heavy atom. The summed E-state index contributed by atoms with van der Waals surface area (Å²) in [6, 6.07) is 0. The summed E-state index contributed by atoms with van der Waals surface area (Å²) in [5.74, 6) is 0.761. The first-order valence-electron chi connectivity index (χ1n) is 6.60. The molecule has 1 aliphatic heterocycles. The molecule has 19 heavy (non-hydrogen) atoms. The highest BCUT2D eigenvalue weighted by molar-refractivity contribution is 14.0. The maximum Gasteiger partial charge on any atom is 0.216 e. The molecule has 1 atom stereocenters. The van der Waals surface area contributed by atoms with Gasteiger partial charge in [0, 0.05) is 33.2 Å². The fraction of sp³-hybridized carbons (Fsp3) is 0.833. The topological polar surface area (TPSA) is 74.8 Å². The molecular weight excluding hydrogens is 359 g/mol. The van der Waals surface area contributed by atoms with Crippen LogP contribution in [-0.4, -0.2) is 50.8 Å². The molecular formula is C12H25IN4O2. The molecule has 3 N–H and O–H groups in total. The van der Waals surface area contributed by atoms with Crippen LogP contribution in [0.1, 0.15) is 26.7 Å². The van der Waals surface area contributed by atoms with E-state index in [2.05, 4.69) is 20.9 Å². The Balaban J connectivity index is 0.00000324. The van der Waals surface area contributed by atoms with Gasteiger partial charge in [0.25, 0.3) is 0 Å². The normalized spacial score (nSPS) is 18.6. The number of aliphatic imine (C=N–C) groups is 1. The predicted molar refractivity (Wildman–Crippen MR) is 87.1 cm³/mol. The first kappa shape index (κ1) is 18.4. The third-order valence-corrected chi connectivity index (χ3v) is 2.61. The number of hydrogen-bond acceptors (Lipinski definition) is 3. The molecule has 0 radical (unpaired) electrons. The van der Waals surface area contributed by atoms with E-state index in [9.17, 15) is 4.79 Å². The maximum absolute atomic E-state index is 10.7. The molecule has 0 bridgehead atoms. The van der Waals surface area contributed by atoms with Crippen LogP contribution in [0.4, 0.5) is 0 Å². The van der Waals surface area contributed by atoms with Crippen molar-refractivity contribution in [3.63, 3.8) is 0 Å². The van der Waals surface area contributed by atoms with Crippen LogP contribution < -0.4 is 16.0 Å². The third-order valence-electron chi connectivity index (χ3n) is 2.61. The number of nitrogens with zero attached hydrogens (tertiary/aromatic N) is 1. The second-order valence-corrected chi connectivity index (χ2v) is 4.26. The monoisotopic (exact) mass is 384 g/mol. The van der Waals surface area contributed by atoms with Crippen molar-refractivity contribution in [1.29, 1.82) is 0 Å². The number of nitrogens with one attached hydrogen (secondary N) is 3. The summed E-state index contributed by atoms with van der Waals surface area (Å²) in [5.41, 5.74) is 0. The number of carbonyl (C=O) groups is 1. The Morgan fingerprint density at radius 1 is 1.32 bits per heavy atom. The molecule has 1 amide bonds. The van der Waals surface area contributed by atoms with Crippen LogP contribution in [0.3, 0.4) is 0 Å². The molecule has 0 aromatic heterocycles. The van der Waals surface area contributed by atoms with E-state index < -0.39 is 0 Å². The largest absolute Gasteiger partial charge is 0.376 e. The molecule has 0 saturated carbocycles. The molecule has 1 rings (SSSR count). The van der Waals surface area contributed by atoms with Gasteiger partial charge in [-0.15, -0.1) is 24.0 Å². The quantitative estimate of drug-likeness (QED) is 0.270. The summed E-state index contributed by atoms with van der Waals surface area (Å²) < 4.78 is 5.52. The lowest BCUT2D eigenvalue weighted by molar-refractivity contribution is -0.118. The lowest BCUT2D eigenvalue weighted by Crippen LogP contribution is -2.41. The Morgan fingerprint density at radius 3 is 2.63 bits per heavy atom. The lowest BCUT2D eigenvalue weighted by atomic mass is 10.2. The van der Waals surface area contributed by atoms with Crippen LogP contribution in [0.2, 0.25) is 0 Å². The maximum atomic E-state index is 10.7. The summed E-state index contributed by atoms with van der Waals surface area (Å²) >= 11 is 0. The van der Waals surface area contributed by atoms with Gasteiger partial charge in [0.1, 0.15) is 0 Å². The van der Waals surface area contributed by atoms with E-state index in [4.69, 9.17) is 4.74 Å². The predicted octanol–water partition coefficient (Wildman–Crippen LogP) is 0.475. The van der Waals surface area contributed by atoms with Gasteiger partial charge in [-0.05, 0) is 19.8 Å².